The number of esters is 1. The molecule has 1 aliphatic heterocycles. The van der Waals surface area contributed by atoms with Crippen LogP contribution in [0.15, 0.2) is 23.4 Å². The second-order valence-electron chi connectivity index (χ2n) is 6.78. The van der Waals surface area contributed by atoms with Crippen LogP contribution in [0.3, 0.4) is 0 Å². The van der Waals surface area contributed by atoms with Gasteiger partial charge in [-0.25, -0.2) is 4.79 Å². The molecule has 0 radical (unpaired) electrons. The highest BCUT2D eigenvalue weighted by Gasteiger charge is 2.34. The minimum Gasteiger partial charge on any atom is -0.458 e. The lowest BCUT2D eigenvalue weighted by Gasteiger charge is -2.29. The van der Waals surface area contributed by atoms with Crippen LogP contribution in [0.25, 0.3) is 0 Å². The Morgan fingerprint density at radius 1 is 1.41 bits per heavy atom. The lowest BCUT2D eigenvalue weighted by Crippen LogP contribution is -2.40. The summed E-state index contributed by atoms with van der Waals surface area (Å²) in [5.74, 6) is -0.165. The number of benzene rings is 1. The average molecular weight is 304 g/mol. The normalized spacial score (nSPS) is 18.4. The van der Waals surface area contributed by atoms with Crippen molar-refractivity contribution < 1.29 is 9.53 Å². The summed E-state index contributed by atoms with van der Waals surface area (Å²) in [7, 11) is 0. The van der Waals surface area contributed by atoms with E-state index < -0.39 is 5.60 Å². The molecular formula is C17H24N2O3. The highest BCUT2D eigenvalue weighted by molar-refractivity contribution is 5.81. The van der Waals surface area contributed by atoms with Crippen LogP contribution in [0.1, 0.15) is 44.7 Å². The third-order valence-corrected chi connectivity index (χ3v) is 3.82. The molecule has 1 fully saturated rings. The fourth-order valence-electron chi connectivity index (χ4n) is 2.80. The van der Waals surface area contributed by atoms with Gasteiger partial charge in [-0.15, -0.1) is 0 Å². The first kappa shape index (κ1) is 16.5. The van der Waals surface area contributed by atoms with Crippen molar-refractivity contribution in [2.24, 2.45) is 5.18 Å². The van der Waals surface area contributed by atoms with E-state index in [4.69, 9.17) is 4.74 Å². The van der Waals surface area contributed by atoms with Crippen molar-refractivity contribution in [1.82, 2.24) is 0 Å². The zero-order valence-electron chi connectivity index (χ0n) is 13.8. The summed E-state index contributed by atoms with van der Waals surface area (Å²) < 4.78 is 5.53. The molecule has 0 bridgehead atoms. The van der Waals surface area contributed by atoms with Gasteiger partial charge >= 0.3 is 5.97 Å². The van der Waals surface area contributed by atoms with Crippen LogP contribution in [0.5, 0.6) is 0 Å². The summed E-state index contributed by atoms with van der Waals surface area (Å²) in [6.07, 6.45) is 1.78. The maximum absolute atomic E-state index is 12.4. The Bertz CT molecular complexity index is 564. The molecule has 22 heavy (non-hydrogen) atoms. The van der Waals surface area contributed by atoms with Gasteiger partial charge in [0.1, 0.15) is 18.2 Å². The highest BCUT2D eigenvalue weighted by Crippen LogP contribution is 2.29. The Hall–Kier alpha value is -1.91. The Morgan fingerprint density at radius 3 is 2.73 bits per heavy atom. The minimum absolute atomic E-state index is 0.165. The van der Waals surface area contributed by atoms with Crippen LogP contribution < -0.4 is 4.90 Å². The molecule has 1 aromatic rings. The summed E-state index contributed by atoms with van der Waals surface area (Å²) in [6.45, 7) is 8.64. The number of nitrogens with zero attached hydrogens (tertiary/aromatic N) is 2. The second kappa shape index (κ2) is 6.46. The molecule has 1 aromatic carbocycles. The van der Waals surface area contributed by atoms with Crippen LogP contribution in [0.2, 0.25) is 0 Å². The van der Waals surface area contributed by atoms with Crippen molar-refractivity contribution in [3.05, 3.63) is 34.2 Å². The molecule has 0 aliphatic carbocycles. The monoisotopic (exact) mass is 304 g/mol. The van der Waals surface area contributed by atoms with Crippen molar-refractivity contribution in [1.29, 1.82) is 0 Å². The highest BCUT2D eigenvalue weighted by atomic mass is 16.6. The average Bonchev–Trinajstić information content (AvgIpc) is 2.88. The van der Waals surface area contributed by atoms with Crippen molar-refractivity contribution in [3.63, 3.8) is 0 Å². The quantitative estimate of drug-likeness (QED) is 0.630. The largest absolute Gasteiger partial charge is 0.458 e. The third kappa shape index (κ3) is 3.84. The molecule has 0 amide bonds. The summed E-state index contributed by atoms with van der Waals surface area (Å²) in [4.78, 5) is 24.9. The predicted octanol–water partition coefficient (Wildman–Crippen LogP) is 3.57. The lowest BCUT2D eigenvalue weighted by atomic mass is 10.1. The molecule has 1 aliphatic rings. The van der Waals surface area contributed by atoms with E-state index in [2.05, 4.69) is 10.1 Å². The number of carbonyl (C=O) groups is 1. The van der Waals surface area contributed by atoms with Crippen molar-refractivity contribution in [2.75, 3.05) is 11.4 Å². The second-order valence-corrected chi connectivity index (χ2v) is 6.78. The number of hydrogen-bond donors (Lipinski definition) is 0. The summed E-state index contributed by atoms with van der Waals surface area (Å²) in [5, 5.41) is 2.94. The fraction of sp³-hybridized carbons (Fsp3) is 0.588. The van der Waals surface area contributed by atoms with Crippen LogP contribution >= 0.6 is 0 Å². The number of aryl methyl sites for hydroxylation is 1. The number of anilines is 1. The standard InChI is InChI=1S/C17H24N2O3/c1-12-10-14(8-7-13(12)11-18-21)19-9-5-6-15(19)16(20)22-17(2,3)4/h7-8,10,15H,5-6,9,11H2,1-4H3/t15-/m0/s1. The molecule has 0 saturated carbocycles. The maximum atomic E-state index is 12.4. The summed E-state index contributed by atoms with van der Waals surface area (Å²) in [6, 6.07) is 5.66. The molecule has 1 heterocycles. The lowest BCUT2D eigenvalue weighted by molar-refractivity contribution is -0.156. The van der Waals surface area contributed by atoms with Crippen LogP contribution in [0, 0.1) is 11.8 Å². The van der Waals surface area contributed by atoms with E-state index >= 15 is 0 Å². The van der Waals surface area contributed by atoms with E-state index in [-0.39, 0.29) is 18.6 Å². The SMILES string of the molecule is Cc1cc(N2CCC[C@H]2C(=O)OC(C)(C)C)ccc1CN=O. The molecule has 120 valence electrons. The predicted molar refractivity (Wildman–Crippen MR) is 86.9 cm³/mol. The molecule has 0 unspecified atom stereocenters. The van der Waals surface area contributed by atoms with Gasteiger partial charge in [0.15, 0.2) is 0 Å². The summed E-state index contributed by atoms with van der Waals surface area (Å²) in [5.41, 5.74) is 2.47. The van der Waals surface area contributed by atoms with Gasteiger partial charge in [-0.2, -0.15) is 4.91 Å². The zero-order valence-corrected chi connectivity index (χ0v) is 13.8. The van der Waals surface area contributed by atoms with Crippen molar-refractivity contribution in [2.45, 2.75) is 58.7 Å². The molecule has 5 heteroatoms. The van der Waals surface area contributed by atoms with Crippen LogP contribution in [-0.4, -0.2) is 24.2 Å². The van der Waals surface area contributed by atoms with E-state index in [0.717, 1.165) is 36.2 Å². The molecule has 5 nitrogen and oxygen atoms in total. The van der Waals surface area contributed by atoms with E-state index in [1.807, 2.05) is 45.9 Å². The van der Waals surface area contributed by atoms with E-state index in [1.165, 1.54) is 0 Å². The van der Waals surface area contributed by atoms with Gasteiger partial charge in [0, 0.05) is 12.2 Å². The van der Waals surface area contributed by atoms with Gasteiger partial charge < -0.3 is 9.64 Å². The van der Waals surface area contributed by atoms with Crippen LogP contribution in [0.4, 0.5) is 5.69 Å². The van der Waals surface area contributed by atoms with E-state index in [9.17, 15) is 9.70 Å². The molecule has 0 spiro atoms. The van der Waals surface area contributed by atoms with E-state index in [1.54, 1.807) is 0 Å². The topological polar surface area (TPSA) is 59.0 Å². The first-order valence-electron chi connectivity index (χ1n) is 7.70. The molecule has 0 N–H and O–H groups in total. The number of ether oxygens (including phenoxy) is 1. The first-order valence-corrected chi connectivity index (χ1v) is 7.70. The third-order valence-electron chi connectivity index (χ3n) is 3.82. The van der Waals surface area contributed by atoms with Gasteiger partial charge in [0.05, 0.1) is 0 Å². The Labute approximate surface area is 131 Å². The fourth-order valence-corrected chi connectivity index (χ4v) is 2.80. The first-order chi connectivity index (χ1) is 10.3. The van der Waals surface area contributed by atoms with E-state index in [0.29, 0.717) is 0 Å². The summed E-state index contributed by atoms with van der Waals surface area (Å²) >= 11 is 0. The Balaban J connectivity index is 2.18. The van der Waals surface area contributed by atoms with Gasteiger partial charge in [-0.05, 0) is 63.8 Å². The maximum Gasteiger partial charge on any atom is 0.329 e. The Morgan fingerprint density at radius 2 is 2.14 bits per heavy atom. The number of hydrogen-bond acceptors (Lipinski definition) is 5. The number of rotatable bonds is 4. The molecule has 1 atom stereocenters. The minimum atomic E-state index is -0.471. The smallest absolute Gasteiger partial charge is 0.329 e. The van der Waals surface area contributed by atoms with Gasteiger partial charge in [0.2, 0.25) is 0 Å². The Kier molecular flexibility index (Phi) is 4.84. The molecule has 0 aromatic heterocycles. The molecular weight excluding hydrogens is 280 g/mol. The van der Waals surface area contributed by atoms with Crippen LogP contribution in [-0.2, 0) is 16.1 Å². The van der Waals surface area contributed by atoms with Gasteiger partial charge in [-0.1, -0.05) is 11.2 Å². The molecule has 1 saturated heterocycles. The number of carbonyl (C=O) groups excluding carboxylic acids is 1. The number of nitroso groups, excluding NO2 is 1. The van der Waals surface area contributed by atoms with Crippen molar-refractivity contribution in [3.8, 4) is 0 Å². The molecule has 2 rings (SSSR count). The van der Waals surface area contributed by atoms with Crippen molar-refractivity contribution >= 4 is 11.7 Å². The van der Waals surface area contributed by atoms with Gasteiger partial charge in [0.25, 0.3) is 0 Å². The van der Waals surface area contributed by atoms with Gasteiger partial charge in [-0.3, -0.25) is 0 Å². The zero-order chi connectivity index (χ0) is 16.3.